The van der Waals surface area contributed by atoms with Crippen molar-refractivity contribution in [2.45, 2.75) is 40.2 Å². The summed E-state index contributed by atoms with van der Waals surface area (Å²) in [6.07, 6.45) is 1.67. The molecule has 1 amide bonds. The molecule has 0 radical (unpaired) electrons. The molecule has 1 heterocycles. The second-order valence-electron chi connectivity index (χ2n) is 6.94. The Bertz CT molecular complexity index is 1180. The van der Waals surface area contributed by atoms with E-state index in [-0.39, 0.29) is 21.8 Å². The van der Waals surface area contributed by atoms with Gasteiger partial charge in [-0.15, -0.1) is 0 Å². The van der Waals surface area contributed by atoms with Crippen LogP contribution in [0.25, 0.3) is 0 Å². The molecule has 30 heavy (non-hydrogen) atoms. The zero-order valence-corrected chi connectivity index (χ0v) is 18.4. The van der Waals surface area contributed by atoms with Crippen molar-refractivity contribution in [3.63, 3.8) is 0 Å². The lowest BCUT2D eigenvalue weighted by molar-refractivity contribution is 0.0913. The summed E-state index contributed by atoms with van der Waals surface area (Å²) in [5.74, 6) is -1.08. The van der Waals surface area contributed by atoms with Crippen LogP contribution in [0.3, 0.4) is 0 Å². The van der Waals surface area contributed by atoms with Crippen molar-refractivity contribution < 1.29 is 9.59 Å². The van der Waals surface area contributed by atoms with E-state index in [4.69, 9.17) is 23.2 Å². The smallest absolute Gasteiger partial charge is 0.267 e. The van der Waals surface area contributed by atoms with Crippen LogP contribution in [0.2, 0.25) is 10.0 Å². The lowest BCUT2D eigenvalue weighted by Crippen LogP contribution is -2.33. The molecular weight excluding hydrogens is 425 g/mol. The summed E-state index contributed by atoms with van der Waals surface area (Å²) >= 11 is 12.5. The first-order valence-electron chi connectivity index (χ1n) is 9.50. The quantitative estimate of drug-likeness (QED) is 0.550. The number of rotatable bonds is 5. The van der Waals surface area contributed by atoms with Crippen molar-refractivity contribution in [1.29, 1.82) is 0 Å². The minimum Gasteiger partial charge on any atom is -0.267 e. The third-order valence-electron chi connectivity index (χ3n) is 4.47. The molecular formula is C21H21Cl2N5O2. The van der Waals surface area contributed by atoms with Gasteiger partial charge >= 0.3 is 0 Å². The second-order valence-corrected chi connectivity index (χ2v) is 7.75. The van der Waals surface area contributed by atoms with E-state index in [2.05, 4.69) is 15.3 Å². The van der Waals surface area contributed by atoms with Gasteiger partial charge in [0, 0.05) is 0 Å². The molecule has 0 unspecified atom stereocenters. The standard InChI is InChI=1S/C21H21Cl2N5O2/c1-4-5-10-27-26-25-21(24-19(29)15-8-6-13(2)11-17(15)22)28(27)20(30)16-9-7-14(3)12-18(16)23/h6-9,11-12H,4-5,10H2,1-3H3. The van der Waals surface area contributed by atoms with Crippen molar-refractivity contribution in [2.75, 3.05) is 0 Å². The van der Waals surface area contributed by atoms with Gasteiger partial charge in [-0.3, -0.25) is 9.59 Å². The summed E-state index contributed by atoms with van der Waals surface area (Å²) in [5, 5.41) is 8.55. The van der Waals surface area contributed by atoms with Crippen molar-refractivity contribution in [3.8, 4) is 0 Å². The van der Waals surface area contributed by atoms with E-state index < -0.39 is 11.8 Å². The summed E-state index contributed by atoms with van der Waals surface area (Å²) in [6.45, 7) is 6.21. The zero-order chi connectivity index (χ0) is 21.8. The number of hydrogen-bond donors (Lipinski definition) is 0. The molecule has 0 saturated heterocycles. The monoisotopic (exact) mass is 445 g/mol. The fourth-order valence-electron chi connectivity index (χ4n) is 2.84. The Hall–Kier alpha value is -2.77. The van der Waals surface area contributed by atoms with Gasteiger partial charge < -0.3 is 0 Å². The number of aromatic nitrogens is 4. The number of halogens is 2. The fraction of sp³-hybridized carbons (Fsp3) is 0.286. The van der Waals surface area contributed by atoms with Crippen LogP contribution in [-0.2, 0) is 6.54 Å². The first-order chi connectivity index (χ1) is 14.3. The lowest BCUT2D eigenvalue weighted by Gasteiger charge is -2.09. The minimum atomic E-state index is -0.612. The molecule has 0 bridgehead atoms. The van der Waals surface area contributed by atoms with Crippen molar-refractivity contribution >= 4 is 35.0 Å². The van der Waals surface area contributed by atoms with E-state index in [0.29, 0.717) is 11.6 Å². The van der Waals surface area contributed by atoms with Crippen molar-refractivity contribution in [2.24, 2.45) is 4.99 Å². The van der Waals surface area contributed by atoms with Gasteiger partial charge in [-0.1, -0.05) is 53.8 Å². The first kappa shape index (κ1) is 21.9. The molecule has 0 aliphatic heterocycles. The number of tetrazole rings is 1. The Labute approximate surface area is 183 Å². The molecule has 7 nitrogen and oxygen atoms in total. The lowest BCUT2D eigenvalue weighted by atomic mass is 10.1. The maximum absolute atomic E-state index is 13.3. The van der Waals surface area contributed by atoms with Crippen LogP contribution in [0.5, 0.6) is 0 Å². The van der Waals surface area contributed by atoms with E-state index in [1.54, 1.807) is 36.4 Å². The molecule has 0 spiro atoms. The van der Waals surface area contributed by atoms with Crippen LogP contribution in [-0.4, -0.2) is 31.6 Å². The number of unbranched alkanes of at least 4 members (excludes halogenated alkanes) is 1. The number of carbonyl (C=O) groups is 2. The average Bonchev–Trinajstić information content (AvgIpc) is 3.08. The van der Waals surface area contributed by atoms with Crippen LogP contribution in [0.1, 0.15) is 51.6 Å². The van der Waals surface area contributed by atoms with Crippen LogP contribution in [0.4, 0.5) is 0 Å². The summed E-state index contributed by atoms with van der Waals surface area (Å²) in [6, 6.07) is 10.1. The van der Waals surface area contributed by atoms with Gasteiger partial charge in [0.05, 0.1) is 27.7 Å². The van der Waals surface area contributed by atoms with E-state index >= 15 is 0 Å². The molecule has 0 atom stereocenters. The number of amides is 1. The van der Waals surface area contributed by atoms with Gasteiger partial charge in [-0.05, 0) is 60.9 Å². The minimum absolute atomic E-state index is 0.130. The number of hydrogen-bond acceptors (Lipinski definition) is 4. The predicted molar refractivity (Wildman–Crippen MR) is 115 cm³/mol. The van der Waals surface area contributed by atoms with Gasteiger partial charge in [-0.2, -0.15) is 14.5 Å². The highest BCUT2D eigenvalue weighted by Gasteiger charge is 2.20. The SMILES string of the molecule is CCCCn1nnc(=NC(=O)c2ccc(C)cc2Cl)n1C(=O)c1ccc(C)cc1Cl. The molecule has 9 heteroatoms. The first-order valence-corrected chi connectivity index (χ1v) is 10.3. The molecule has 0 N–H and O–H groups in total. The van der Waals surface area contributed by atoms with Crippen LogP contribution in [0, 0.1) is 13.8 Å². The Kier molecular flexibility index (Phi) is 6.84. The van der Waals surface area contributed by atoms with Gasteiger partial charge in [0.1, 0.15) is 0 Å². The molecule has 156 valence electrons. The fourth-order valence-corrected chi connectivity index (χ4v) is 3.47. The van der Waals surface area contributed by atoms with Crippen molar-refractivity contribution in [3.05, 3.63) is 74.3 Å². The highest BCUT2D eigenvalue weighted by molar-refractivity contribution is 6.34. The Balaban J connectivity index is 2.11. The second kappa shape index (κ2) is 9.36. The van der Waals surface area contributed by atoms with Gasteiger partial charge in [0.2, 0.25) is 0 Å². The molecule has 0 fully saturated rings. The highest BCUT2D eigenvalue weighted by Crippen LogP contribution is 2.19. The van der Waals surface area contributed by atoms with E-state index in [1.807, 2.05) is 20.8 Å². The maximum Gasteiger partial charge on any atom is 0.282 e. The van der Waals surface area contributed by atoms with Gasteiger partial charge in [0.25, 0.3) is 17.4 Å². The number of aryl methyl sites for hydroxylation is 3. The molecule has 3 aromatic rings. The summed E-state index contributed by atoms with van der Waals surface area (Å²) in [7, 11) is 0. The number of carbonyl (C=O) groups excluding carboxylic acids is 2. The molecule has 1 aromatic heterocycles. The maximum atomic E-state index is 13.3. The van der Waals surface area contributed by atoms with Crippen LogP contribution in [0.15, 0.2) is 41.4 Å². The molecule has 2 aromatic carbocycles. The molecule has 0 saturated carbocycles. The Morgan fingerprint density at radius 3 is 2.17 bits per heavy atom. The molecule has 0 aliphatic carbocycles. The van der Waals surface area contributed by atoms with E-state index in [0.717, 1.165) is 24.0 Å². The van der Waals surface area contributed by atoms with Gasteiger partial charge in [-0.25, -0.2) is 0 Å². The highest BCUT2D eigenvalue weighted by atomic mass is 35.5. The summed E-state index contributed by atoms with van der Waals surface area (Å²) in [4.78, 5) is 31.4. The third kappa shape index (κ3) is 4.68. The van der Waals surface area contributed by atoms with Crippen molar-refractivity contribution in [1.82, 2.24) is 19.8 Å². The summed E-state index contributed by atoms with van der Waals surface area (Å²) in [5.41, 5.74) is 2.20. The largest absolute Gasteiger partial charge is 0.282 e. The third-order valence-corrected chi connectivity index (χ3v) is 5.10. The van der Waals surface area contributed by atoms with Gasteiger partial charge in [0.15, 0.2) is 0 Å². The topological polar surface area (TPSA) is 82.1 Å². The molecule has 3 rings (SSSR count). The Morgan fingerprint density at radius 1 is 1.00 bits per heavy atom. The zero-order valence-electron chi connectivity index (χ0n) is 16.9. The Morgan fingerprint density at radius 2 is 1.60 bits per heavy atom. The van der Waals surface area contributed by atoms with Crippen LogP contribution < -0.4 is 5.62 Å². The molecule has 0 aliphatic rings. The number of benzene rings is 2. The summed E-state index contributed by atoms with van der Waals surface area (Å²) < 4.78 is 1.17. The van der Waals surface area contributed by atoms with Crippen LogP contribution >= 0.6 is 23.2 Å². The predicted octanol–water partition coefficient (Wildman–Crippen LogP) is 4.23. The average molecular weight is 446 g/mol. The van der Waals surface area contributed by atoms with E-state index in [1.165, 1.54) is 9.48 Å². The normalized spacial score (nSPS) is 11.7. The number of nitrogens with zero attached hydrogens (tertiary/aromatic N) is 5. The van der Waals surface area contributed by atoms with E-state index in [9.17, 15) is 9.59 Å².